The molecule has 1 atom stereocenters. The minimum absolute atomic E-state index is 0. The van der Waals surface area contributed by atoms with Crippen molar-refractivity contribution in [2.24, 2.45) is 5.92 Å². The normalized spacial score (nSPS) is 22.5. The highest BCUT2D eigenvalue weighted by Crippen LogP contribution is 2.25. The van der Waals surface area contributed by atoms with Crippen LogP contribution < -0.4 is 15.4 Å². The summed E-state index contributed by atoms with van der Waals surface area (Å²) in [7, 11) is -3.27. The second kappa shape index (κ2) is 9.97. The van der Waals surface area contributed by atoms with E-state index in [2.05, 4.69) is 15.4 Å². The molecule has 1 aliphatic carbocycles. The fraction of sp³-hybridized carbons (Fsp3) is 0.923. The molecule has 1 aliphatic heterocycles. The first-order valence-corrected chi connectivity index (χ1v) is 10.4. The van der Waals surface area contributed by atoms with Gasteiger partial charge < -0.3 is 10.6 Å². The molecule has 1 saturated carbocycles. The summed E-state index contributed by atoms with van der Waals surface area (Å²) in [4.78, 5) is 11.7. The van der Waals surface area contributed by atoms with Crippen LogP contribution in [-0.4, -0.2) is 57.3 Å². The Labute approximate surface area is 143 Å². The SMILES string of the molecule is Cl.O=C(CC1CSCCN1)NCCS(=O)(=O)NCC1CCC1. The number of carbonyl (C=O) groups excluding carboxylic acids is 1. The first-order chi connectivity index (χ1) is 10.1. The van der Waals surface area contributed by atoms with E-state index in [0.717, 1.165) is 30.9 Å². The molecular weight excluding hydrogens is 346 g/mol. The number of hydrogen-bond donors (Lipinski definition) is 3. The van der Waals surface area contributed by atoms with Gasteiger partial charge in [-0.1, -0.05) is 6.42 Å². The maximum atomic E-state index is 11.8. The van der Waals surface area contributed by atoms with Gasteiger partial charge in [-0.05, 0) is 18.8 Å². The standard InChI is InChI=1S/C13H25N3O3S2.ClH/c17-13(8-12-10-20-6-4-14-12)15-5-7-21(18,19)16-9-11-2-1-3-11;/h11-12,14,16H,1-10H2,(H,15,17);1H. The van der Waals surface area contributed by atoms with Gasteiger partial charge in [0.15, 0.2) is 0 Å². The van der Waals surface area contributed by atoms with E-state index in [9.17, 15) is 13.2 Å². The van der Waals surface area contributed by atoms with Gasteiger partial charge in [0, 0.05) is 43.6 Å². The molecule has 0 spiro atoms. The highest BCUT2D eigenvalue weighted by molar-refractivity contribution is 7.99. The number of amides is 1. The Bertz CT molecular complexity index is 438. The third-order valence-corrected chi connectivity index (χ3v) is 6.42. The molecule has 0 bridgehead atoms. The van der Waals surface area contributed by atoms with Crippen molar-refractivity contribution in [3.63, 3.8) is 0 Å². The van der Waals surface area contributed by atoms with Crippen LogP contribution in [-0.2, 0) is 14.8 Å². The van der Waals surface area contributed by atoms with E-state index in [-0.39, 0.29) is 36.7 Å². The van der Waals surface area contributed by atoms with E-state index < -0.39 is 10.0 Å². The Morgan fingerprint density at radius 2 is 2.09 bits per heavy atom. The zero-order valence-corrected chi connectivity index (χ0v) is 15.1. The van der Waals surface area contributed by atoms with Crippen molar-refractivity contribution in [3.8, 4) is 0 Å². The summed E-state index contributed by atoms with van der Waals surface area (Å²) in [5, 5.41) is 5.98. The zero-order valence-electron chi connectivity index (χ0n) is 12.7. The lowest BCUT2D eigenvalue weighted by Gasteiger charge is -2.25. The summed E-state index contributed by atoms with van der Waals surface area (Å²) in [6.07, 6.45) is 3.86. The van der Waals surface area contributed by atoms with Gasteiger partial charge in [-0.25, -0.2) is 13.1 Å². The van der Waals surface area contributed by atoms with Gasteiger partial charge in [-0.3, -0.25) is 4.79 Å². The van der Waals surface area contributed by atoms with Crippen LogP contribution in [0.2, 0.25) is 0 Å². The number of carbonyl (C=O) groups is 1. The lowest BCUT2D eigenvalue weighted by Crippen LogP contribution is -2.42. The van der Waals surface area contributed by atoms with E-state index >= 15 is 0 Å². The Kier molecular flexibility index (Phi) is 9.08. The van der Waals surface area contributed by atoms with Crippen LogP contribution in [0.5, 0.6) is 0 Å². The average Bonchev–Trinajstić information content (AvgIpc) is 2.37. The fourth-order valence-corrected chi connectivity index (χ4v) is 4.34. The molecule has 22 heavy (non-hydrogen) atoms. The van der Waals surface area contributed by atoms with Gasteiger partial charge >= 0.3 is 0 Å². The van der Waals surface area contributed by atoms with E-state index in [1.165, 1.54) is 6.42 Å². The molecule has 0 aromatic rings. The van der Waals surface area contributed by atoms with E-state index in [1.54, 1.807) is 0 Å². The molecule has 1 amide bonds. The van der Waals surface area contributed by atoms with Crippen LogP contribution in [0.3, 0.4) is 0 Å². The minimum atomic E-state index is -3.27. The number of nitrogens with one attached hydrogen (secondary N) is 3. The Hall–Kier alpha value is -0.0200. The Morgan fingerprint density at radius 3 is 2.68 bits per heavy atom. The first kappa shape index (κ1) is 20.0. The monoisotopic (exact) mass is 371 g/mol. The van der Waals surface area contributed by atoms with Gasteiger partial charge in [0.05, 0.1) is 5.75 Å². The molecule has 6 nitrogen and oxygen atoms in total. The summed E-state index contributed by atoms with van der Waals surface area (Å²) in [5.74, 6) is 2.41. The third-order valence-electron chi connectivity index (χ3n) is 3.94. The van der Waals surface area contributed by atoms with Gasteiger partial charge in [-0.15, -0.1) is 12.4 Å². The Morgan fingerprint density at radius 1 is 1.32 bits per heavy atom. The lowest BCUT2D eigenvalue weighted by molar-refractivity contribution is -0.121. The quantitative estimate of drug-likeness (QED) is 0.572. The highest BCUT2D eigenvalue weighted by Gasteiger charge is 2.20. The molecule has 1 unspecified atom stereocenters. The van der Waals surface area contributed by atoms with Crippen molar-refractivity contribution in [3.05, 3.63) is 0 Å². The summed E-state index contributed by atoms with van der Waals surface area (Å²) in [5.41, 5.74) is 0. The minimum Gasteiger partial charge on any atom is -0.355 e. The van der Waals surface area contributed by atoms with E-state index in [0.29, 0.717) is 18.9 Å². The summed E-state index contributed by atoms with van der Waals surface area (Å²) >= 11 is 1.84. The number of rotatable bonds is 8. The summed E-state index contributed by atoms with van der Waals surface area (Å²) in [6.45, 7) is 1.65. The number of hydrogen-bond acceptors (Lipinski definition) is 5. The van der Waals surface area contributed by atoms with Crippen LogP contribution in [0.25, 0.3) is 0 Å². The molecule has 9 heteroatoms. The van der Waals surface area contributed by atoms with Crippen LogP contribution in [0.4, 0.5) is 0 Å². The molecule has 0 aromatic heterocycles. The van der Waals surface area contributed by atoms with Crippen molar-refractivity contribution >= 4 is 40.1 Å². The van der Waals surface area contributed by atoms with Crippen LogP contribution in [0, 0.1) is 5.92 Å². The topological polar surface area (TPSA) is 87.3 Å². The molecule has 3 N–H and O–H groups in total. The smallest absolute Gasteiger partial charge is 0.221 e. The van der Waals surface area contributed by atoms with Crippen LogP contribution in [0.1, 0.15) is 25.7 Å². The van der Waals surface area contributed by atoms with E-state index in [4.69, 9.17) is 0 Å². The van der Waals surface area contributed by atoms with Gasteiger partial charge in [0.2, 0.25) is 15.9 Å². The third kappa shape index (κ3) is 7.50. The summed E-state index contributed by atoms with van der Waals surface area (Å²) in [6, 6.07) is 0.206. The number of halogens is 1. The van der Waals surface area contributed by atoms with Crippen molar-refractivity contribution < 1.29 is 13.2 Å². The fourth-order valence-electron chi connectivity index (χ4n) is 2.39. The molecule has 2 rings (SSSR count). The van der Waals surface area contributed by atoms with Crippen molar-refractivity contribution in [1.29, 1.82) is 0 Å². The first-order valence-electron chi connectivity index (χ1n) is 7.60. The number of thioether (sulfide) groups is 1. The molecule has 0 radical (unpaired) electrons. The predicted octanol–water partition coefficient (Wildman–Crippen LogP) is 0.339. The van der Waals surface area contributed by atoms with Crippen LogP contribution in [0.15, 0.2) is 0 Å². The maximum Gasteiger partial charge on any atom is 0.221 e. The average molecular weight is 372 g/mol. The largest absolute Gasteiger partial charge is 0.355 e. The Balaban J connectivity index is 0.00000242. The molecular formula is C13H26ClN3O3S2. The zero-order chi connectivity index (χ0) is 15.1. The van der Waals surface area contributed by atoms with Gasteiger partial charge in [0.25, 0.3) is 0 Å². The van der Waals surface area contributed by atoms with Gasteiger partial charge in [-0.2, -0.15) is 11.8 Å². The second-order valence-corrected chi connectivity index (χ2v) is 8.82. The molecule has 2 fully saturated rings. The molecule has 1 saturated heterocycles. The van der Waals surface area contributed by atoms with Crippen LogP contribution >= 0.6 is 24.2 Å². The summed E-state index contributed by atoms with van der Waals surface area (Å²) < 4.78 is 26.2. The van der Waals surface area contributed by atoms with Crippen molar-refractivity contribution in [1.82, 2.24) is 15.4 Å². The highest BCUT2D eigenvalue weighted by atomic mass is 35.5. The molecule has 1 heterocycles. The van der Waals surface area contributed by atoms with Gasteiger partial charge in [0.1, 0.15) is 0 Å². The molecule has 0 aromatic carbocycles. The van der Waals surface area contributed by atoms with Crippen molar-refractivity contribution in [2.45, 2.75) is 31.7 Å². The molecule has 130 valence electrons. The van der Waals surface area contributed by atoms with Crippen molar-refractivity contribution in [2.75, 3.05) is 36.9 Å². The van der Waals surface area contributed by atoms with E-state index in [1.807, 2.05) is 11.8 Å². The lowest BCUT2D eigenvalue weighted by atomic mass is 9.86. The number of sulfonamides is 1. The maximum absolute atomic E-state index is 11.8. The predicted molar refractivity (Wildman–Crippen MR) is 93.1 cm³/mol. The molecule has 2 aliphatic rings. The second-order valence-electron chi connectivity index (χ2n) is 5.74.